The second kappa shape index (κ2) is 9.47. The lowest BCUT2D eigenvalue weighted by Crippen LogP contribution is -2.57. The van der Waals surface area contributed by atoms with Gasteiger partial charge in [-0.15, -0.1) is 11.3 Å². The Labute approximate surface area is 197 Å². The van der Waals surface area contributed by atoms with Gasteiger partial charge in [-0.25, -0.2) is 17.7 Å². The fourth-order valence-corrected chi connectivity index (χ4v) is 6.56. The molecule has 6 nitrogen and oxygen atoms in total. The standard InChI is InChI=1S/C23H27ClN3O3S2/c1-25-23-26(10-13-31-23)17-27(11-3-2-4-12-27)22(28)9-14-32(29,30)21-8-6-18-15-20(24)7-5-19(18)16-21/h5-8,10,13,15-16H,2-4,9,11-12,14,17H2,1H3/q+1. The maximum Gasteiger partial charge on any atom is 0.316 e. The number of hydrogen-bond acceptors (Lipinski definition) is 5. The third kappa shape index (κ3) is 4.83. The molecule has 0 saturated carbocycles. The lowest BCUT2D eigenvalue weighted by Gasteiger charge is -2.39. The molecular weight excluding hydrogens is 466 g/mol. The van der Waals surface area contributed by atoms with Crippen LogP contribution in [0.2, 0.25) is 5.02 Å². The number of likely N-dealkylation sites (tertiary alicyclic amines) is 1. The van der Waals surface area contributed by atoms with E-state index in [-0.39, 0.29) is 27.5 Å². The molecule has 0 N–H and O–H groups in total. The van der Waals surface area contributed by atoms with Crippen LogP contribution in [-0.2, 0) is 21.3 Å². The highest BCUT2D eigenvalue weighted by Crippen LogP contribution is 2.25. The molecule has 0 radical (unpaired) electrons. The van der Waals surface area contributed by atoms with E-state index in [0.29, 0.717) is 11.7 Å². The zero-order valence-electron chi connectivity index (χ0n) is 18.0. The van der Waals surface area contributed by atoms with Gasteiger partial charge in [0.05, 0.1) is 30.2 Å². The van der Waals surface area contributed by atoms with E-state index < -0.39 is 9.84 Å². The predicted molar refractivity (Wildman–Crippen MR) is 128 cm³/mol. The van der Waals surface area contributed by atoms with Gasteiger partial charge in [-0.05, 0) is 54.3 Å². The van der Waals surface area contributed by atoms with Crippen LogP contribution in [0.1, 0.15) is 25.7 Å². The summed E-state index contributed by atoms with van der Waals surface area (Å²) in [5.74, 6) is -0.203. The summed E-state index contributed by atoms with van der Waals surface area (Å²) < 4.78 is 28.4. The number of quaternary nitrogens is 1. The molecule has 2 heterocycles. The van der Waals surface area contributed by atoms with E-state index in [1.54, 1.807) is 37.4 Å². The molecule has 0 unspecified atom stereocenters. The van der Waals surface area contributed by atoms with Gasteiger partial charge in [0.1, 0.15) is 0 Å². The van der Waals surface area contributed by atoms with E-state index in [1.807, 2.05) is 22.2 Å². The number of hydrogen-bond donors (Lipinski definition) is 0. The van der Waals surface area contributed by atoms with E-state index in [4.69, 9.17) is 11.6 Å². The van der Waals surface area contributed by atoms with Gasteiger partial charge >= 0.3 is 5.91 Å². The number of piperidine rings is 1. The van der Waals surface area contributed by atoms with Crippen molar-refractivity contribution in [3.8, 4) is 0 Å². The fraction of sp³-hybridized carbons (Fsp3) is 0.391. The quantitative estimate of drug-likeness (QED) is 0.483. The highest BCUT2D eigenvalue weighted by molar-refractivity contribution is 7.91. The Bertz CT molecular complexity index is 1310. The number of carbonyl (C=O) groups is 1. The first-order chi connectivity index (χ1) is 15.3. The summed E-state index contributed by atoms with van der Waals surface area (Å²) in [5.41, 5.74) is 0. The van der Waals surface area contributed by atoms with Gasteiger partial charge in [0.25, 0.3) is 0 Å². The van der Waals surface area contributed by atoms with Crippen LogP contribution in [0.5, 0.6) is 0 Å². The molecule has 170 valence electrons. The molecule has 1 aliphatic heterocycles. The molecule has 1 amide bonds. The van der Waals surface area contributed by atoms with Crippen LogP contribution in [0.25, 0.3) is 10.8 Å². The van der Waals surface area contributed by atoms with Crippen LogP contribution in [0.3, 0.4) is 0 Å². The summed E-state index contributed by atoms with van der Waals surface area (Å²) in [7, 11) is -1.84. The van der Waals surface area contributed by atoms with Crippen LogP contribution in [-0.4, -0.2) is 49.3 Å². The van der Waals surface area contributed by atoms with E-state index >= 15 is 0 Å². The average Bonchev–Trinajstić information content (AvgIpc) is 3.24. The number of benzene rings is 2. The first-order valence-electron chi connectivity index (χ1n) is 10.7. The second-order valence-corrected chi connectivity index (χ2v) is 11.7. The molecule has 4 rings (SSSR count). The SMILES string of the molecule is CN=c1sccn1C[N+]1(C(=O)CCS(=O)(=O)c2ccc3cc(Cl)ccc3c2)CCCCC1. The normalized spacial score (nSPS) is 17.0. The van der Waals surface area contributed by atoms with E-state index in [9.17, 15) is 13.2 Å². The summed E-state index contributed by atoms with van der Waals surface area (Å²) in [4.78, 5) is 18.8. The summed E-state index contributed by atoms with van der Waals surface area (Å²) >= 11 is 7.56. The van der Waals surface area contributed by atoms with Crippen LogP contribution < -0.4 is 4.80 Å². The first kappa shape index (κ1) is 23.2. The van der Waals surface area contributed by atoms with Crippen molar-refractivity contribution in [3.05, 3.63) is 57.8 Å². The van der Waals surface area contributed by atoms with Gasteiger partial charge in [-0.2, -0.15) is 0 Å². The molecule has 3 aromatic rings. The molecule has 1 aromatic heterocycles. The minimum atomic E-state index is -3.58. The first-order valence-corrected chi connectivity index (χ1v) is 13.6. The maximum absolute atomic E-state index is 13.4. The summed E-state index contributed by atoms with van der Waals surface area (Å²) in [6.07, 6.45) is 4.99. The van der Waals surface area contributed by atoms with Crippen molar-refractivity contribution in [2.75, 3.05) is 25.9 Å². The lowest BCUT2D eigenvalue weighted by molar-refractivity contribution is -0.882. The van der Waals surface area contributed by atoms with E-state index in [1.165, 1.54) is 11.3 Å². The predicted octanol–water partition coefficient (Wildman–Crippen LogP) is 4.24. The lowest BCUT2D eigenvalue weighted by atomic mass is 10.1. The monoisotopic (exact) mass is 492 g/mol. The maximum atomic E-state index is 13.4. The van der Waals surface area contributed by atoms with Gasteiger partial charge in [-0.1, -0.05) is 23.7 Å². The molecular formula is C23H27ClN3O3S2+. The van der Waals surface area contributed by atoms with Gasteiger partial charge in [0.15, 0.2) is 21.3 Å². The molecule has 2 aromatic carbocycles. The number of thiazole rings is 1. The number of sulfone groups is 1. The molecule has 1 aliphatic rings. The highest BCUT2D eigenvalue weighted by atomic mass is 35.5. The topological polar surface area (TPSA) is 68.5 Å². The van der Waals surface area contributed by atoms with Crippen molar-refractivity contribution in [1.29, 1.82) is 0 Å². The van der Waals surface area contributed by atoms with Crippen molar-refractivity contribution in [3.63, 3.8) is 0 Å². The number of fused-ring (bicyclic) bond motifs is 1. The largest absolute Gasteiger partial charge is 0.316 e. The number of aromatic nitrogens is 1. The van der Waals surface area contributed by atoms with Gasteiger partial charge in [0.2, 0.25) is 0 Å². The average molecular weight is 493 g/mol. The minimum Gasteiger partial charge on any atom is -0.275 e. The third-order valence-electron chi connectivity index (χ3n) is 6.19. The van der Waals surface area contributed by atoms with Crippen LogP contribution in [0, 0.1) is 0 Å². The number of amides is 1. The Kier molecular flexibility index (Phi) is 6.86. The summed E-state index contributed by atoms with van der Waals surface area (Å²) in [5, 5.41) is 4.27. The van der Waals surface area contributed by atoms with Crippen molar-refractivity contribution in [1.82, 2.24) is 4.57 Å². The Balaban J connectivity index is 1.54. The fourth-order valence-electron chi connectivity index (χ4n) is 4.43. The molecule has 9 heteroatoms. The minimum absolute atomic E-state index is 0.00425. The zero-order chi connectivity index (χ0) is 22.8. The Hall–Kier alpha value is -2.00. The van der Waals surface area contributed by atoms with Crippen LogP contribution in [0.4, 0.5) is 0 Å². The van der Waals surface area contributed by atoms with Crippen LogP contribution in [0.15, 0.2) is 57.9 Å². The molecule has 0 aliphatic carbocycles. The second-order valence-electron chi connectivity index (χ2n) is 8.29. The third-order valence-corrected chi connectivity index (χ3v) is 9.03. The Morgan fingerprint density at radius 3 is 2.59 bits per heavy atom. The molecule has 0 atom stereocenters. The summed E-state index contributed by atoms with van der Waals surface area (Å²) in [6, 6.07) is 10.4. The van der Waals surface area contributed by atoms with Gasteiger partial charge in [-0.3, -0.25) is 9.56 Å². The number of rotatable bonds is 6. The van der Waals surface area contributed by atoms with Crippen molar-refractivity contribution < 1.29 is 17.7 Å². The summed E-state index contributed by atoms with van der Waals surface area (Å²) in [6.45, 7) is 1.98. The Morgan fingerprint density at radius 2 is 1.84 bits per heavy atom. The molecule has 32 heavy (non-hydrogen) atoms. The number of carbonyl (C=O) groups excluding carboxylic acids is 1. The van der Waals surface area contributed by atoms with Crippen molar-refractivity contribution >= 4 is 49.5 Å². The Morgan fingerprint density at radius 1 is 1.12 bits per heavy atom. The molecule has 1 saturated heterocycles. The van der Waals surface area contributed by atoms with E-state index in [0.717, 1.165) is 47.9 Å². The molecule has 0 bridgehead atoms. The van der Waals surface area contributed by atoms with Gasteiger partial charge < -0.3 is 0 Å². The van der Waals surface area contributed by atoms with Crippen molar-refractivity contribution in [2.45, 2.75) is 37.2 Å². The van der Waals surface area contributed by atoms with Crippen LogP contribution >= 0.6 is 22.9 Å². The van der Waals surface area contributed by atoms with Crippen molar-refractivity contribution in [2.24, 2.45) is 4.99 Å². The molecule has 1 fully saturated rings. The van der Waals surface area contributed by atoms with Gasteiger partial charge in [0, 0.05) is 23.6 Å². The smallest absolute Gasteiger partial charge is 0.275 e. The number of halogens is 1. The number of nitrogens with zero attached hydrogens (tertiary/aromatic N) is 3. The zero-order valence-corrected chi connectivity index (χ0v) is 20.4. The molecule has 0 spiro atoms. The van der Waals surface area contributed by atoms with E-state index in [2.05, 4.69) is 4.99 Å². The highest BCUT2D eigenvalue weighted by Gasteiger charge is 2.39.